The maximum absolute atomic E-state index is 10.0. The van der Waals surface area contributed by atoms with Crippen molar-refractivity contribution in [3.63, 3.8) is 0 Å². The summed E-state index contributed by atoms with van der Waals surface area (Å²) in [6, 6.07) is 0. The number of amides is 1. The van der Waals surface area contributed by atoms with Gasteiger partial charge in [0.25, 0.3) is 5.91 Å². The third kappa shape index (κ3) is 5.37. The van der Waals surface area contributed by atoms with Crippen LogP contribution in [0.15, 0.2) is 0 Å². The van der Waals surface area contributed by atoms with E-state index in [9.17, 15) is 13.6 Å². The van der Waals surface area contributed by atoms with Crippen molar-refractivity contribution in [1.82, 2.24) is 10.2 Å². The molecule has 0 aromatic rings. The fourth-order valence-electron chi connectivity index (χ4n) is 0.164. The normalized spacial score (nSPS) is 12.7. The minimum atomic E-state index is -2.46. The summed E-state index contributed by atoms with van der Waals surface area (Å²) in [6.45, 7) is -0.452. The molecule has 0 heterocycles. The number of nitrogens with one attached hydrogen (secondary N) is 2. The molecule has 0 rings (SSSR count). The van der Waals surface area contributed by atoms with Crippen molar-refractivity contribution in [2.75, 3.05) is 6.54 Å². The van der Waals surface area contributed by atoms with Gasteiger partial charge in [-0.05, 0) is 0 Å². The molecule has 7 heteroatoms. The van der Waals surface area contributed by atoms with Crippen LogP contribution in [-0.2, 0) is 16.1 Å². The lowest BCUT2D eigenvalue weighted by Crippen LogP contribution is -2.32. The Labute approximate surface area is 53.6 Å². The Kier molecular flexibility index (Phi) is 4.14. The number of hydrogen-bond donors (Lipinski definition) is 3. The molecule has 0 aromatic carbocycles. The summed E-state index contributed by atoms with van der Waals surface area (Å²) in [6.07, 6.45) is 0. The van der Waals surface area contributed by atoms with Crippen molar-refractivity contribution in [2.45, 2.75) is 0 Å². The Balaban J connectivity index is 3.28. The lowest BCUT2D eigenvalue weighted by atomic mass is 10.7. The van der Waals surface area contributed by atoms with Gasteiger partial charge in [0, 0.05) is 11.3 Å². The van der Waals surface area contributed by atoms with Crippen LogP contribution in [0.2, 0.25) is 0 Å². The van der Waals surface area contributed by atoms with E-state index in [-0.39, 0.29) is 0 Å². The predicted octanol–water partition coefficient (Wildman–Crippen LogP) is -2.12. The predicted molar refractivity (Wildman–Crippen MR) is 26.9 cm³/mol. The minimum Gasteiger partial charge on any atom is -0.760 e. The van der Waals surface area contributed by atoms with E-state index in [0.29, 0.717) is 0 Å². The summed E-state index contributed by atoms with van der Waals surface area (Å²) in [5.74, 6) is -0.806. The van der Waals surface area contributed by atoms with Gasteiger partial charge in [-0.2, -0.15) is 0 Å². The molecular formula is C2H5N2O4S-. The second-order valence-corrected chi connectivity index (χ2v) is 1.85. The van der Waals surface area contributed by atoms with Gasteiger partial charge in [0.15, 0.2) is 0 Å². The van der Waals surface area contributed by atoms with Crippen LogP contribution in [0, 0.1) is 0 Å². The van der Waals surface area contributed by atoms with Crippen LogP contribution in [0.5, 0.6) is 0 Å². The molecule has 54 valence electrons. The molecule has 0 aliphatic carbocycles. The molecule has 0 spiro atoms. The van der Waals surface area contributed by atoms with Crippen molar-refractivity contribution in [1.29, 1.82) is 0 Å². The van der Waals surface area contributed by atoms with Gasteiger partial charge in [-0.15, -0.1) is 0 Å². The van der Waals surface area contributed by atoms with Crippen LogP contribution in [0.25, 0.3) is 0 Å². The summed E-state index contributed by atoms with van der Waals surface area (Å²) in [5.41, 5.74) is 1.25. The third-order valence-electron chi connectivity index (χ3n) is 0.475. The van der Waals surface area contributed by atoms with Gasteiger partial charge >= 0.3 is 0 Å². The first-order chi connectivity index (χ1) is 4.16. The van der Waals surface area contributed by atoms with E-state index in [2.05, 4.69) is 0 Å². The SMILES string of the molecule is O=C(CNS(=O)[O-])NO. The second-order valence-electron chi connectivity index (χ2n) is 1.09. The summed E-state index contributed by atoms with van der Waals surface area (Å²) >= 11 is -2.46. The molecular weight excluding hydrogens is 148 g/mol. The standard InChI is InChI=1S/C2H6N2O4S/c5-2(4-6)1-3-9(7)8/h3,6H,1H2,(H,4,5)(H,7,8)/p-1. The summed E-state index contributed by atoms with van der Waals surface area (Å²) in [4.78, 5) is 10.0. The van der Waals surface area contributed by atoms with Crippen LogP contribution in [-0.4, -0.2) is 26.4 Å². The summed E-state index contributed by atoms with van der Waals surface area (Å²) < 4.78 is 21.0. The number of carbonyl (C=O) groups is 1. The largest absolute Gasteiger partial charge is 0.760 e. The molecule has 0 fully saturated rings. The maximum Gasteiger partial charge on any atom is 0.258 e. The van der Waals surface area contributed by atoms with E-state index in [1.807, 2.05) is 0 Å². The van der Waals surface area contributed by atoms with E-state index in [0.717, 1.165) is 0 Å². The van der Waals surface area contributed by atoms with Crippen LogP contribution in [0.4, 0.5) is 0 Å². The molecule has 6 nitrogen and oxygen atoms in total. The van der Waals surface area contributed by atoms with Crippen molar-refractivity contribution < 1.29 is 18.8 Å². The molecule has 1 unspecified atom stereocenters. The fraction of sp³-hybridized carbons (Fsp3) is 0.500. The lowest BCUT2D eigenvalue weighted by molar-refractivity contribution is -0.127. The zero-order valence-corrected chi connectivity index (χ0v) is 5.10. The topological polar surface area (TPSA) is 101 Å². The van der Waals surface area contributed by atoms with Gasteiger partial charge < -0.3 is 4.55 Å². The summed E-state index contributed by atoms with van der Waals surface area (Å²) in [7, 11) is 0. The van der Waals surface area contributed by atoms with E-state index in [1.165, 1.54) is 5.48 Å². The third-order valence-corrected chi connectivity index (χ3v) is 0.855. The van der Waals surface area contributed by atoms with Crippen LogP contribution in [0.3, 0.4) is 0 Å². The van der Waals surface area contributed by atoms with Gasteiger partial charge in [0.2, 0.25) is 0 Å². The maximum atomic E-state index is 10.0. The molecule has 0 aliphatic heterocycles. The molecule has 0 aliphatic rings. The van der Waals surface area contributed by atoms with Crippen molar-refractivity contribution in [2.24, 2.45) is 0 Å². The number of rotatable bonds is 3. The van der Waals surface area contributed by atoms with Gasteiger partial charge in [-0.3, -0.25) is 14.2 Å². The van der Waals surface area contributed by atoms with Crippen LogP contribution >= 0.6 is 0 Å². The highest BCUT2D eigenvalue weighted by molar-refractivity contribution is 7.77. The Morgan fingerprint density at radius 2 is 2.33 bits per heavy atom. The highest BCUT2D eigenvalue weighted by atomic mass is 32.2. The van der Waals surface area contributed by atoms with Gasteiger partial charge in [-0.25, -0.2) is 10.2 Å². The first-order valence-electron chi connectivity index (χ1n) is 1.92. The van der Waals surface area contributed by atoms with E-state index in [4.69, 9.17) is 5.21 Å². The Morgan fingerprint density at radius 1 is 1.78 bits per heavy atom. The molecule has 0 saturated carbocycles. The smallest absolute Gasteiger partial charge is 0.258 e. The molecule has 3 N–H and O–H groups in total. The molecule has 0 saturated heterocycles. The highest BCUT2D eigenvalue weighted by Gasteiger charge is 1.94. The fourth-order valence-corrected chi connectivity index (χ4v) is 0.413. The number of hydrogen-bond acceptors (Lipinski definition) is 4. The molecule has 0 bridgehead atoms. The molecule has 9 heavy (non-hydrogen) atoms. The van der Waals surface area contributed by atoms with E-state index in [1.54, 1.807) is 4.72 Å². The average molecular weight is 153 g/mol. The first kappa shape index (κ1) is 8.50. The highest BCUT2D eigenvalue weighted by Crippen LogP contribution is 1.62. The van der Waals surface area contributed by atoms with Gasteiger partial charge in [0.1, 0.15) is 0 Å². The zero-order chi connectivity index (χ0) is 7.28. The second kappa shape index (κ2) is 4.39. The quantitative estimate of drug-likeness (QED) is 0.245. The zero-order valence-electron chi connectivity index (χ0n) is 4.29. The summed E-state index contributed by atoms with van der Waals surface area (Å²) in [5, 5.41) is 7.81. The van der Waals surface area contributed by atoms with E-state index < -0.39 is 23.7 Å². The average Bonchev–Trinajstić information content (AvgIpc) is 1.83. The van der Waals surface area contributed by atoms with Crippen LogP contribution in [0.1, 0.15) is 0 Å². The van der Waals surface area contributed by atoms with Gasteiger partial charge in [-0.1, -0.05) is 0 Å². The molecule has 1 amide bonds. The van der Waals surface area contributed by atoms with Crippen LogP contribution < -0.4 is 10.2 Å². The first-order valence-corrected chi connectivity index (χ1v) is 3.00. The van der Waals surface area contributed by atoms with Crippen molar-refractivity contribution >= 4 is 17.2 Å². The molecule has 0 aromatic heterocycles. The van der Waals surface area contributed by atoms with E-state index >= 15 is 0 Å². The molecule has 1 atom stereocenters. The van der Waals surface area contributed by atoms with Crippen molar-refractivity contribution in [3.8, 4) is 0 Å². The lowest BCUT2D eigenvalue weighted by Gasteiger charge is -2.03. The monoisotopic (exact) mass is 153 g/mol. The van der Waals surface area contributed by atoms with Gasteiger partial charge in [0.05, 0.1) is 6.54 Å². The molecule has 0 radical (unpaired) electrons. The van der Waals surface area contributed by atoms with Crippen molar-refractivity contribution in [3.05, 3.63) is 0 Å². The minimum absolute atomic E-state index is 0.452. The Hall–Kier alpha value is -0.500. The Bertz CT molecular complexity index is 126. The number of carbonyl (C=O) groups excluding carboxylic acids is 1. The Morgan fingerprint density at radius 3 is 2.67 bits per heavy atom. The number of hydroxylamine groups is 1.